The molecule has 1 aliphatic heterocycles. The molecule has 0 saturated carbocycles. The van der Waals surface area contributed by atoms with E-state index in [9.17, 15) is 4.79 Å². The number of carbonyl (C=O) groups is 1. The molecular weight excluding hydrogens is 206 g/mol. The van der Waals surface area contributed by atoms with Crippen LogP contribution in [-0.4, -0.2) is 34.1 Å². The van der Waals surface area contributed by atoms with Crippen molar-refractivity contribution in [1.82, 2.24) is 9.97 Å². The van der Waals surface area contributed by atoms with Gasteiger partial charge in [-0.2, -0.15) is 0 Å². The van der Waals surface area contributed by atoms with Crippen LogP contribution < -0.4 is 4.90 Å². The lowest BCUT2D eigenvalue weighted by Crippen LogP contribution is -2.24. The Kier molecular flexibility index (Phi) is 2.53. The van der Waals surface area contributed by atoms with Gasteiger partial charge in [0.15, 0.2) is 5.69 Å². The first-order chi connectivity index (χ1) is 7.48. The Morgan fingerprint density at radius 2 is 2.25 bits per heavy atom. The summed E-state index contributed by atoms with van der Waals surface area (Å²) >= 11 is 0. The fourth-order valence-corrected chi connectivity index (χ4v) is 1.92. The molecular formula is C11H15N3O2. The van der Waals surface area contributed by atoms with Crippen LogP contribution in [0.2, 0.25) is 0 Å². The van der Waals surface area contributed by atoms with E-state index in [0.29, 0.717) is 5.82 Å². The summed E-state index contributed by atoms with van der Waals surface area (Å²) in [5.41, 5.74) is 0.267. The monoisotopic (exact) mass is 221 g/mol. The number of hydrogen-bond donors (Lipinski definition) is 1. The molecule has 0 radical (unpaired) electrons. The molecule has 86 valence electrons. The molecule has 0 unspecified atom stereocenters. The fourth-order valence-electron chi connectivity index (χ4n) is 1.92. The predicted molar refractivity (Wildman–Crippen MR) is 59.6 cm³/mol. The largest absolute Gasteiger partial charge is 0.476 e. The maximum absolute atomic E-state index is 10.8. The van der Waals surface area contributed by atoms with Gasteiger partial charge in [-0.25, -0.2) is 9.78 Å². The third-order valence-electron chi connectivity index (χ3n) is 2.84. The van der Waals surface area contributed by atoms with Gasteiger partial charge in [0.05, 0.1) is 12.4 Å². The molecule has 2 heterocycles. The molecule has 0 aliphatic carbocycles. The van der Waals surface area contributed by atoms with Crippen molar-refractivity contribution in [2.75, 3.05) is 18.0 Å². The molecule has 1 aliphatic rings. The molecule has 0 bridgehead atoms. The molecule has 16 heavy (non-hydrogen) atoms. The topological polar surface area (TPSA) is 66.3 Å². The summed E-state index contributed by atoms with van der Waals surface area (Å²) in [6.07, 6.45) is 3.98. The quantitative estimate of drug-likeness (QED) is 0.817. The highest BCUT2D eigenvalue weighted by molar-refractivity contribution is 5.85. The first-order valence-corrected chi connectivity index (χ1v) is 5.28. The molecule has 0 spiro atoms. The molecule has 0 amide bonds. The van der Waals surface area contributed by atoms with Crippen molar-refractivity contribution in [3.05, 3.63) is 18.1 Å². The molecule has 5 heteroatoms. The van der Waals surface area contributed by atoms with Crippen molar-refractivity contribution < 1.29 is 9.90 Å². The van der Waals surface area contributed by atoms with Gasteiger partial charge in [-0.05, 0) is 11.8 Å². The molecule has 0 atom stereocenters. The third-order valence-corrected chi connectivity index (χ3v) is 2.84. The van der Waals surface area contributed by atoms with Crippen LogP contribution in [0.5, 0.6) is 0 Å². The van der Waals surface area contributed by atoms with E-state index in [2.05, 4.69) is 28.7 Å². The van der Waals surface area contributed by atoms with E-state index in [4.69, 9.17) is 5.11 Å². The maximum atomic E-state index is 10.8. The van der Waals surface area contributed by atoms with Crippen LogP contribution in [0.25, 0.3) is 0 Å². The van der Waals surface area contributed by atoms with E-state index < -0.39 is 5.97 Å². The Labute approximate surface area is 94.1 Å². The number of carboxylic acids is 1. The van der Waals surface area contributed by atoms with E-state index in [1.165, 1.54) is 6.20 Å². The highest BCUT2D eigenvalue weighted by atomic mass is 16.4. The zero-order chi connectivity index (χ0) is 11.8. The number of anilines is 1. The third kappa shape index (κ3) is 2.13. The van der Waals surface area contributed by atoms with Crippen molar-refractivity contribution in [3.8, 4) is 0 Å². The summed E-state index contributed by atoms with van der Waals surface area (Å²) in [5, 5.41) is 8.83. The lowest BCUT2D eigenvalue weighted by Gasteiger charge is -2.20. The predicted octanol–water partition coefficient (Wildman–Crippen LogP) is 1.41. The Morgan fingerprint density at radius 1 is 1.50 bits per heavy atom. The summed E-state index contributed by atoms with van der Waals surface area (Å²) in [5.74, 6) is -0.377. The SMILES string of the molecule is CC1(C)CCN(c2cncc(C(=O)O)n2)C1. The van der Waals surface area contributed by atoms with Crippen molar-refractivity contribution in [1.29, 1.82) is 0 Å². The zero-order valence-electron chi connectivity index (χ0n) is 9.47. The van der Waals surface area contributed by atoms with Crippen molar-refractivity contribution in [2.45, 2.75) is 20.3 Å². The summed E-state index contributed by atoms with van der Waals surface area (Å²) in [4.78, 5) is 20.9. The average molecular weight is 221 g/mol. The minimum Gasteiger partial charge on any atom is -0.476 e. The van der Waals surface area contributed by atoms with E-state index in [1.54, 1.807) is 6.20 Å². The van der Waals surface area contributed by atoms with Gasteiger partial charge < -0.3 is 10.0 Å². The van der Waals surface area contributed by atoms with E-state index >= 15 is 0 Å². The number of nitrogens with zero attached hydrogens (tertiary/aromatic N) is 3. The second-order valence-corrected chi connectivity index (χ2v) is 4.90. The summed E-state index contributed by atoms with van der Waals surface area (Å²) in [6, 6.07) is 0. The zero-order valence-corrected chi connectivity index (χ0v) is 9.47. The first-order valence-electron chi connectivity index (χ1n) is 5.28. The number of rotatable bonds is 2. The van der Waals surface area contributed by atoms with Gasteiger partial charge in [0.1, 0.15) is 5.82 Å². The minimum absolute atomic E-state index is 0.00204. The van der Waals surface area contributed by atoms with E-state index in [0.717, 1.165) is 19.5 Å². The second kappa shape index (κ2) is 3.73. The lowest BCUT2D eigenvalue weighted by atomic mass is 9.93. The molecule has 1 saturated heterocycles. The Morgan fingerprint density at radius 3 is 2.81 bits per heavy atom. The number of carboxylic acid groups (broad SMARTS) is 1. The highest BCUT2D eigenvalue weighted by Gasteiger charge is 2.30. The van der Waals surface area contributed by atoms with E-state index in [-0.39, 0.29) is 11.1 Å². The molecule has 1 N–H and O–H groups in total. The second-order valence-electron chi connectivity index (χ2n) is 4.90. The van der Waals surface area contributed by atoms with Gasteiger partial charge in [0.2, 0.25) is 0 Å². The molecule has 0 aromatic carbocycles. The van der Waals surface area contributed by atoms with Crippen LogP contribution in [0.1, 0.15) is 30.8 Å². The van der Waals surface area contributed by atoms with E-state index in [1.807, 2.05) is 0 Å². The normalized spacial score (nSPS) is 18.8. The Hall–Kier alpha value is -1.65. The summed E-state index contributed by atoms with van der Waals surface area (Å²) < 4.78 is 0. The molecule has 5 nitrogen and oxygen atoms in total. The van der Waals surface area contributed by atoms with Gasteiger partial charge in [-0.3, -0.25) is 4.98 Å². The van der Waals surface area contributed by atoms with Crippen LogP contribution in [0.4, 0.5) is 5.82 Å². The number of aromatic nitrogens is 2. The smallest absolute Gasteiger partial charge is 0.356 e. The van der Waals surface area contributed by atoms with Crippen molar-refractivity contribution >= 4 is 11.8 Å². The standard InChI is InChI=1S/C11H15N3O2/c1-11(2)3-4-14(7-11)9-6-12-5-8(13-9)10(15)16/h5-6H,3-4,7H2,1-2H3,(H,15,16). The highest BCUT2D eigenvalue weighted by Crippen LogP contribution is 2.31. The van der Waals surface area contributed by atoms with Crippen molar-refractivity contribution in [3.63, 3.8) is 0 Å². The van der Waals surface area contributed by atoms with Crippen LogP contribution in [0.15, 0.2) is 12.4 Å². The number of hydrogen-bond acceptors (Lipinski definition) is 4. The van der Waals surface area contributed by atoms with Crippen molar-refractivity contribution in [2.24, 2.45) is 5.41 Å². The van der Waals surface area contributed by atoms with Gasteiger partial charge in [0.25, 0.3) is 0 Å². The first kappa shape index (κ1) is 10.9. The van der Waals surface area contributed by atoms with Crippen LogP contribution in [0.3, 0.4) is 0 Å². The maximum Gasteiger partial charge on any atom is 0.356 e. The number of aromatic carboxylic acids is 1. The van der Waals surface area contributed by atoms with Crippen LogP contribution in [0, 0.1) is 5.41 Å². The molecule has 1 fully saturated rings. The van der Waals surface area contributed by atoms with Crippen LogP contribution in [-0.2, 0) is 0 Å². The molecule has 2 rings (SSSR count). The summed E-state index contributed by atoms with van der Waals surface area (Å²) in [7, 11) is 0. The lowest BCUT2D eigenvalue weighted by molar-refractivity contribution is 0.0690. The molecule has 1 aromatic rings. The molecule has 1 aromatic heterocycles. The van der Waals surface area contributed by atoms with Gasteiger partial charge in [0, 0.05) is 13.1 Å². The van der Waals surface area contributed by atoms with Crippen LogP contribution >= 0.6 is 0 Å². The van der Waals surface area contributed by atoms with Gasteiger partial charge >= 0.3 is 5.97 Å². The van der Waals surface area contributed by atoms with Gasteiger partial charge in [-0.15, -0.1) is 0 Å². The van der Waals surface area contributed by atoms with Gasteiger partial charge in [-0.1, -0.05) is 13.8 Å². The minimum atomic E-state index is -1.03. The average Bonchev–Trinajstić information content (AvgIpc) is 2.59. The Balaban J connectivity index is 2.22. The Bertz CT molecular complexity index is 417. The fraction of sp³-hybridized carbons (Fsp3) is 0.545. The summed E-state index contributed by atoms with van der Waals surface area (Å²) in [6.45, 7) is 6.19.